The number of hydrogen-bond acceptors (Lipinski definition) is 9. The molecule has 1 aromatic carbocycles. The number of hydrogen-bond donors (Lipinski definition) is 2. The Kier molecular flexibility index (Phi) is 8.66. The van der Waals surface area contributed by atoms with Gasteiger partial charge in [-0.15, -0.1) is 0 Å². The number of aliphatic hydroxyl groups is 1. The van der Waals surface area contributed by atoms with Crippen LogP contribution in [0.2, 0.25) is 5.02 Å². The molecule has 1 aromatic heterocycles. The summed E-state index contributed by atoms with van der Waals surface area (Å²) in [7, 11) is -3.41. The van der Waals surface area contributed by atoms with Crippen molar-refractivity contribution in [1.29, 1.82) is 5.26 Å². The molecule has 2 N–H and O–H groups in total. The van der Waals surface area contributed by atoms with Gasteiger partial charge in [0.2, 0.25) is 16.0 Å². The number of piperidine rings is 2. The number of carbonyl (C=O) groups excluding carboxylic acids is 1. The van der Waals surface area contributed by atoms with Gasteiger partial charge in [-0.3, -0.25) is 4.79 Å². The molecule has 0 radical (unpaired) electrons. The molecule has 0 atom stereocenters. The van der Waals surface area contributed by atoms with Crippen LogP contribution in [0.25, 0.3) is 0 Å². The van der Waals surface area contributed by atoms with E-state index >= 15 is 0 Å². The number of amides is 1. The maximum Gasteiger partial charge on any atom is 0.254 e. The lowest BCUT2D eigenvalue weighted by molar-refractivity contribution is -0.164. The van der Waals surface area contributed by atoms with Gasteiger partial charge in [0.15, 0.2) is 0 Å². The highest BCUT2D eigenvalue weighted by Crippen LogP contribution is 2.55. The molecule has 2 aromatic rings. The summed E-state index contributed by atoms with van der Waals surface area (Å²) in [4.78, 5) is 24.0. The fourth-order valence-corrected chi connectivity index (χ4v) is 9.23. The van der Waals surface area contributed by atoms with Crippen molar-refractivity contribution < 1.29 is 23.1 Å². The molecule has 2 aliphatic heterocycles. The van der Waals surface area contributed by atoms with Crippen LogP contribution < -0.4 is 15.0 Å². The first-order chi connectivity index (χ1) is 20.2. The van der Waals surface area contributed by atoms with Gasteiger partial charge in [-0.05, 0) is 37.8 Å². The minimum Gasteiger partial charge on any atom is -0.489 e. The van der Waals surface area contributed by atoms with E-state index in [0.29, 0.717) is 79.7 Å². The smallest absolute Gasteiger partial charge is 0.254 e. The molecule has 3 fully saturated rings. The normalized spacial score (nSPS) is 24.5. The Balaban J connectivity index is 1.17. The number of anilines is 1. The monoisotopic (exact) mass is 630 g/mol. The molecule has 3 heterocycles. The number of aliphatic hydroxyl groups excluding tert-OH is 1. The predicted molar refractivity (Wildman–Crippen MR) is 162 cm³/mol. The lowest BCUT2D eigenvalue weighted by Crippen LogP contribution is -2.74. The van der Waals surface area contributed by atoms with E-state index in [2.05, 4.69) is 15.3 Å². The van der Waals surface area contributed by atoms with Gasteiger partial charge >= 0.3 is 0 Å². The number of nitrogens with zero attached hydrogens (tertiary/aromatic N) is 5. The van der Waals surface area contributed by atoms with Gasteiger partial charge in [-0.2, -0.15) is 5.26 Å². The molecule has 1 amide bonds. The van der Waals surface area contributed by atoms with Crippen molar-refractivity contribution in [2.45, 2.75) is 76.9 Å². The third-order valence-corrected chi connectivity index (χ3v) is 12.0. The zero-order valence-corrected chi connectivity index (χ0v) is 26.5. The van der Waals surface area contributed by atoms with Crippen LogP contribution in [-0.4, -0.2) is 83.4 Å². The average Bonchev–Trinajstić information content (AvgIpc) is 2.98. The van der Waals surface area contributed by atoms with Crippen molar-refractivity contribution >= 4 is 33.5 Å². The second kappa shape index (κ2) is 11.8. The van der Waals surface area contributed by atoms with Crippen molar-refractivity contribution in [1.82, 2.24) is 19.6 Å². The van der Waals surface area contributed by atoms with Crippen molar-refractivity contribution in [2.75, 3.05) is 31.1 Å². The van der Waals surface area contributed by atoms with Gasteiger partial charge in [-0.25, -0.2) is 22.7 Å². The van der Waals surface area contributed by atoms with Crippen molar-refractivity contribution in [3.8, 4) is 11.8 Å². The van der Waals surface area contributed by atoms with Gasteiger partial charge in [0, 0.05) is 61.5 Å². The topological polar surface area (TPSA) is 149 Å². The molecule has 3 aliphatic rings. The Morgan fingerprint density at radius 1 is 1.07 bits per heavy atom. The molecule has 0 bridgehead atoms. The Labute approximate surface area is 258 Å². The van der Waals surface area contributed by atoms with E-state index in [1.807, 2.05) is 38.7 Å². The summed E-state index contributed by atoms with van der Waals surface area (Å²) in [5.41, 5.74) is -0.0896. The molecule has 5 rings (SSSR count). The van der Waals surface area contributed by atoms with Crippen molar-refractivity contribution in [2.24, 2.45) is 10.8 Å². The standard InChI is InChI=1S/C30H39ClN6O5S/c1-29(2)26(30(3,4)27(29)42-22-6-5-19(16-32)24(31)15-22)35-25(39)20-17-33-28(34-18-20)36-11-9-23(10-12-36)43(40,41)37-13-7-21(38)8-14-37/h5-6,15,17-18,21,23,26-27,38H,7-14H2,1-4H3,(H,35,39). The molecule has 2 saturated heterocycles. The fraction of sp³-hybridized carbons (Fsp3) is 0.600. The predicted octanol–water partition coefficient (Wildman–Crippen LogP) is 3.37. The van der Waals surface area contributed by atoms with Crippen LogP contribution in [0.1, 0.15) is 69.3 Å². The zero-order chi connectivity index (χ0) is 31.2. The second-order valence-electron chi connectivity index (χ2n) is 12.9. The quantitative estimate of drug-likeness (QED) is 0.470. The number of benzene rings is 1. The maximum atomic E-state index is 13.2. The average molecular weight is 631 g/mol. The Bertz CT molecular complexity index is 1480. The molecule has 43 heavy (non-hydrogen) atoms. The maximum absolute atomic E-state index is 13.2. The molecule has 11 nitrogen and oxygen atoms in total. The van der Waals surface area contributed by atoms with E-state index in [4.69, 9.17) is 21.6 Å². The first-order valence-electron chi connectivity index (χ1n) is 14.7. The highest BCUT2D eigenvalue weighted by molar-refractivity contribution is 7.89. The van der Waals surface area contributed by atoms with E-state index in [-0.39, 0.29) is 18.1 Å². The second-order valence-corrected chi connectivity index (χ2v) is 15.6. The van der Waals surface area contributed by atoms with E-state index in [9.17, 15) is 18.3 Å². The van der Waals surface area contributed by atoms with Crippen LogP contribution in [0.15, 0.2) is 30.6 Å². The molecule has 1 saturated carbocycles. The van der Waals surface area contributed by atoms with E-state index in [1.165, 1.54) is 16.7 Å². The number of carbonyl (C=O) groups is 1. The first kappa shape index (κ1) is 31.4. The zero-order valence-electron chi connectivity index (χ0n) is 25.0. The number of sulfonamides is 1. The SMILES string of the molecule is CC1(C)C(NC(=O)c2cnc(N3CCC(S(=O)(=O)N4CCC(O)CC4)CC3)nc2)C(C)(C)C1Oc1ccc(C#N)c(Cl)c1. The Morgan fingerprint density at radius 3 is 2.23 bits per heavy atom. The van der Waals surface area contributed by atoms with Gasteiger partial charge < -0.3 is 20.1 Å². The van der Waals surface area contributed by atoms with Crippen LogP contribution in [0, 0.1) is 22.2 Å². The van der Waals surface area contributed by atoms with Gasteiger partial charge in [0.25, 0.3) is 5.91 Å². The number of rotatable bonds is 7. The van der Waals surface area contributed by atoms with E-state index in [0.717, 1.165) is 0 Å². The molecule has 0 unspecified atom stereocenters. The summed E-state index contributed by atoms with van der Waals surface area (Å²) >= 11 is 6.19. The third-order valence-electron chi connectivity index (χ3n) is 9.26. The van der Waals surface area contributed by atoms with Gasteiger partial charge in [0.1, 0.15) is 17.9 Å². The highest BCUT2D eigenvalue weighted by Gasteiger charge is 2.64. The van der Waals surface area contributed by atoms with Gasteiger partial charge in [0.05, 0.1) is 27.5 Å². The Hall–Kier alpha value is -2.98. The first-order valence-corrected chi connectivity index (χ1v) is 16.5. The largest absolute Gasteiger partial charge is 0.489 e. The number of halogens is 1. The Morgan fingerprint density at radius 2 is 1.67 bits per heavy atom. The minimum absolute atomic E-state index is 0.199. The highest BCUT2D eigenvalue weighted by atomic mass is 35.5. The van der Waals surface area contributed by atoms with Crippen LogP contribution in [0.3, 0.4) is 0 Å². The fourth-order valence-electron chi connectivity index (χ4n) is 7.07. The summed E-state index contributed by atoms with van der Waals surface area (Å²) in [5, 5.41) is 21.9. The lowest BCUT2D eigenvalue weighted by atomic mass is 9.49. The summed E-state index contributed by atoms with van der Waals surface area (Å²) in [6.45, 7) is 9.89. The van der Waals surface area contributed by atoms with Crippen LogP contribution in [-0.2, 0) is 10.0 Å². The van der Waals surface area contributed by atoms with Crippen LogP contribution in [0.5, 0.6) is 5.75 Å². The summed E-state index contributed by atoms with van der Waals surface area (Å²) in [6, 6.07) is 6.84. The molecular formula is C30H39ClN6O5S. The minimum atomic E-state index is -3.41. The van der Waals surface area contributed by atoms with Crippen molar-refractivity contribution in [3.05, 3.63) is 46.7 Å². The molecule has 232 valence electrons. The molecule has 1 aliphatic carbocycles. The number of nitrogens with one attached hydrogen (secondary N) is 1. The lowest BCUT2D eigenvalue weighted by Gasteiger charge is -2.63. The number of ether oxygens (including phenoxy) is 1. The number of aromatic nitrogens is 2. The van der Waals surface area contributed by atoms with Crippen LogP contribution >= 0.6 is 11.6 Å². The van der Waals surface area contributed by atoms with Crippen LogP contribution in [0.4, 0.5) is 5.95 Å². The van der Waals surface area contributed by atoms with E-state index in [1.54, 1.807) is 18.2 Å². The molecule has 0 spiro atoms. The summed E-state index contributed by atoms with van der Waals surface area (Å²) in [5.74, 6) is 0.748. The third kappa shape index (κ3) is 6.05. The number of nitriles is 1. The van der Waals surface area contributed by atoms with E-state index < -0.39 is 32.2 Å². The van der Waals surface area contributed by atoms with Crippen molar-refractivity contribution in [3.63, 3.8) is 0 Å². The molecule has 13 heteroatoms. The summed E-state index contributed by atoms with van der Waals surface area (Å²) in [6.07, 6.45) is 4.26. The van der Waals surface area contributed by atoms with Gasteiger partial charge in [-0.1, -0.05) is 39.3 Å². The summed E-state index contributed by atoms with van der Waals surface area (Å²) < 4.78 is 34.0. The molecular weight excluding hydrogens is 592 g/mol.